The molecule has 0 saturated carbocycles. The highest BCUT2D eigenvalue weighted by Gasteiger charge is 2.14. The number of aryl methyl sites for hydroxylation is 1. The summed E-state index contributed by atoms with van der Waals surface area (Å²) in [6, 6.07) is 8.08. The minimum atomic E-state index is -0.531. The Hall–Kier alpha value is -3.06. The van der Waals surface area contributed by atoms with Crippen molar-refractivity contribution in [1.29, 1.82) is 0 Å². The maximum Gasteiger partial charge on any atom is 0.270 e. The van der Waals surface area contributed by atoms with E-state index in [-0.39, 0.29) is 24.5 Å². The number of methoxy groups -OCH3 is 1. The van der Waals surface area contributed by atoms with Gasteiger partial charge in [-0.25, -0.2) is 9.37 Å². The summed E-state index contributed by atoms with van der Waals surface area (Å²) in [5.74, 6) is -0.898. The number of nitrogens with zero attached hydrogens (tertiary/aromatic N) is 2. The molecule has 2 heterocycles. The monoisotopic (exact) mass is 355 g/mol. The largest absolute Gasteiger partial charge is 0.380 e. The molecule has 0 atom stereocenters. The lowest BCUT2D eigenvalue weighted by Gasteiger charge is -2.09. The van der Waals surface area contributed by atoms with E-state index < -0.39 is 11.5 Å². The Morgan fingerprint density at radius 2 is 2.15 bits per heavy atom. The van der Waals surface area contributed by atoms with Gasteiger partial charge in [0.1, 0.15) is 17.0 Å². The van der Waals surface area contributed by atoms with Crippen LogP contribution in [0.15, 0.2) is 47.5 Å². The van der Waals surface area contributed by atoms with Crippen molar-refractivity contribution in [1.82, 2.24) is 14.7 Å². The first-order valence-corrected chi connectivity index (χ1v) is 8.02. The van der Waals surface area contributed by atoms with Crippen molar-refractivity contribution < 1.29 is 13.9 Å². The van der Waals surface area contributed by atoms with Crippen LogP contribution in [0.1, 0.15) is 27.0 Å². The summed E-state index contributed by atoms with van der Waals surface area (Å²) < 4.78 is 19.9. The van der Waals surface area contributed by atoms with Gasteiger partial charge in [-0.2, -0.15) is 0 Å². The van der Waals surface area contributed by atoms with Gasteiger partial charge in [-0.05, 0) is 36.2 Å². The van der Waals surface area contributed by atoms with Gasteiger partial charge in [-0.15, -0.1) is 0 Å². The van der Waals surface area contributed by atoms with Crippen molar-refractivity contribution in [2.45, 2.75) is 20.1 Å². The number of rotatable bonds is 5. The Bertz CT molecular complexity index is 1030. The summed E-state index contributed by atoms with van der Waals surface area (Å²) in [5, 5.41) is 2.67. The molecule has 0 bridgehead atoms. The van der Waals surface area contributed by atoms with Crippen LogP contribution in [0.25, 0.3) is 5.65 Å². The number of aromatic nitrogens is 2. The van der Waals surface area contributed by atoms with Gasteiger partial charge < -0.3 is 10.1 Å². The standard InChI is InChI=1S/C19H18FN3O3/c1-12-4-3-7-23-17(12)21-10-15(19(23)25)18(24)22-9-13-5-6-16(20)14(8-13)11-26-2/h3-8,10H,9,11H2,1-2H3,(H,22,24). The lowest BCUT2D eigenvalue weighted by molar-refractivity contribution is 0.0949. The number of benzene rings is 1. The zero-order chi connectivity index (χ0) is 18.7. The van der Waals surface area contributed by atoms with E-state index in [9.17, 15) is 14.0 Å². The molecule has 0 saturated heterocycles. The fraction of sp³-hybridized carbons (Fsp3) is 0.211. The fourth-order valence-electron chi connectivity index (χ4n) is 2.68. The molecule has 0 aliphatic rings. The van der Waals surface area contributed by atoms with Gasteiger partial charge in [0.25, 0.3) is 11.5 Å². The lowest BCUT2D eigenvalue weighted by Crippen LogP contribution is -2.31. The predicted molar refractivity (Wildman–Crippen MR) is 94.5 cm³/mol. The van der Waals surface area contributed by atoms with Crippen LogP contribution < -0.4 is 10.9 Å². The van der Waals surface area contributed by atoms with Crippen molar-refractivity contribution >= 4 is 11.6 Å². The molecule has 2 aromatic heterocycles. The van der Waals surface area contributed by atoms with Gasteiger partial charge >= 0.3 is 0 Å². The summed E-state index contributed by atoms with van der Waals surface area (Å²) >= 11 is 0. The van der Waals surface area contributed by atoms with Crippen molar-refractivity contribution in [3.8, 4) is 0 Å². The number of fused-ring (bicyclic) bond motifs is 1. The number of halogens is 1. The number of hydrogen-bond donors (Lipinski definition) is 1. The molecule has 1 amide bonds. The van der Waals surface area contributed by atoms with Crippen LogP contribution in [0.2, 0.25) is 0 Å². The first kappa shape index (κ1) is 17.8. The average Bonchev–Trinajstić information content (AvgIpc) is 2.63. The summed E-state index contributed by atoms with van der Waals surface area (Å²) in [6.07, 6.45) is 2.85. The zero-order valence-electron chi connectivity index (χ0n) is 14.5. The second-order valence-electron chi connectivity index (χ2n) is 5.90. The van der Waals surface area contributed by atoms with E-state index in [1.165, 1.54) is 23.8 Å². The number of ether oxygens (including phenoxy) is 1. The lowest BCUT2D eigenvalue weighted by atomic mass is 10.1. The minimum Gasteiger partial charge on any atom is -0.380 e. The van der Waals surface area contributed by atoms with E-state index >= 15 is 0 Å². The van der Waals surface area contributed by atoms with Crippen LogP contribution in [0, 0.1) is 12.7 Å². The highest BCUT2D eigenvalue weighted by Crippen LogP contribution is 2.12. The number of hydrogen-bond acceptors (Lipinski definition) is 4. The molecule has 0 aliphatic heterocycles. The second kappa shape index (κ2) is 7.45. The van der Waals surface area contributed by atoms with E-state index in [0.717, 1.165) is 5.56 Å². The van der Waals surface area contributed by atoms with Crippen LogP contribution in [-0.4, -0.2) is 22.4 Å². The highest BCUT2D eigenvalue weighted by atomic mass is 19.1. The summed E-state index contributed by atoms with van der Waals surface area (Å²) in [6.45, 7) is 2.14. The molecule has 1 aromatic carbocycles. The number of carbonyl (C=O) groups excluding carboxylic acids is 1. The van der Waals surface area contributed by atoms with E-state index in [4.69, 9.17) is 4.74 Å². The van der Waals surface area contributed by atoms with Crippen molar-refractivity contribution in [3.63, 3.8) is 0 Å². The molecular weight excluding hydrogens is 337 g/mol. The van der Waals surface area contributed by atoms with Crippen molar-refractivity contribution in [3.05, 3.63) is 81.2 Å². The predicted octanol–water partition coefficient (Wildman–Crippen LogP) is 2.22. The molecular formula is C19H18FN3O3. The third-order valence-electron chi connectivity index (χ3n) is 4.04. The smallest absolute Gasteiger partial charge is 0.270 e. The summed E-state index contributed by atoms with van der Waals surface area (Å²) in [5.41, 5.74) is 1.98. The molecule has 7 heteroatoms. The minimum absolute atomic E-state index is 0.0488. The summed E-state index contributed by atoms with van der Waals surface area (Å²) in [4.78, 5) is 29.1. The Morgan fingerprint density at radius 3 is 2.92 bits per heavy atom. The SMILES string of the molecule is COCc1cc(CNC(=O)c2cnc3c(C)cccn3c2=O)ccc1F. The molecule has 0 aliphatic carbocycles. The van der Waals surface area contributed by atoms with Crippen LogP contribution in [0.5, 0.6) is 0 Å². The van der Waals surface area contributed by atoms with Gasteiger partial charge in [0.05, 0.1) is 6.61 Å². The number of carbonyl (C=O) groups is 1. The number of nitrogens with one attached hydrogen (secondary N) is 1. The molecule has 26 heavy (non-hydrogen) atoms. The fourth-order valence-corrected chi connectivity index (χ4v) is 2.68. The van der Waals surface area contributed by atoms with Crippen LogP contribution >= 0.6 is 0 Å². The van der Waals surface area contributed by atoms with Gasteiger partial charge in [-0.3, -0.25) is 14.0 Å². The molecule has 0 fully saturated rings. The quantitative estimate of drug-likeness (QED) is 0.762. The van der Waals surface area contributed by atoms with Crippen molar-refractivity contribution in [2.75, 3.05) is 7.11 Å². The summed E-state index contributed by atoms with van der Waals surface area (Å²) in [7, 11) is 1.48. The maximum atomic E-state index is 13.6. The van der Waals surface area contributed by atoms with Gasteiger partial charge in [0.15, 0.2) is 0 Å². The van der Waals surface area contributed by atoms with Crippen molar-refractivity contribution in [2.24, 2.45) is 0 Å². The van der Waals surface area contributed by atoms with E-state index in [1.807, 2.05) is 13.0 Å². The van der Waals surface area contributed by atoms with E-state index in [0.29, 0.717) is 16.8 Å². The van der Waals surface area contributed by atoms with Crippen LogP contribution in [0.4, 0.5) is 4.39 Å². The molecule has 1 N–H and O–H groups in total. The topological polar surface area (TPSA) is 72.7 Å². The normalized spacial score (nSPS) is 10.9. The van der Waals surface area contributed by atoms with E-state index in [2.05, 4.69) is 10.3 Å². The number of pyridine rings is 1. The van der Waals surface area contributed by atoms with Gasteiger partial charge in [-0.1, -0.05) is 12.1 Å². The van der Waals surface area contributed by atoms with Crippen LogP contribution in [-0.2, 0) is 17.9 Å². The first-order valence-electron chi connectivity index (χ1n) is 8.02. The second-order valence-corrected chi connectivity index (χ2v) is 5.90. The molecule has 0 radical (unpaired) electrons. The maximum absolute atomic E-state index is 13.6. The third-order valence-corrected chi connectivity index (χ3v) is 4.04. The Kier molecular flexibility index (Phi) is 5.09. The van der Waals surface area contributed by atoms with Gasteiger partial charge in [0, 0.05) is 31.6 Å². The molecule has 6 nitrogen and oxygen atoms in total. The molecule has 0 spiro atoms. The Balaban J connectivity index is 1.81. The molecule has 3 rings (SSSR count). The number of amides is 1. The average molecular weight is 355 g/mol. The molecule has 3 aromatic rings. The highest BCUT2D eigenvalue weighted by molar-refractivity contribution is 5.93. The first-order chi connectivity index (χ1) is 12.5. The third kappa shape index (κ3) is 3.48. The molecule has 0 unspecified atom stereocenters. The molecule has 134 valence electrons. The Morgan fingerprint density at radius 1 is 1.35 bits per heavy atom. The Labute approximate surface area is 149 Å². The zero-order valence-corrected chi connectivity index (χ0v) is 14.5. The van der Waals surface area contributed by atoms with Crippen LogP contribution in [0.3, 0.4) is 0 Å². The van der Waals surface area contributed by atoms with Gasteiger partial charge in [0.2, 0.25) is 0 Å². The van der Waals surface area contributed by atoms with E-state index in [1.54, 1.807) is 24.4 Å².